The molecule has 10 nitrogen and oxygen atoms in total. The smallest absolute Gasteiger partial charge is 0.336 e. The number of imide groups is 1. The molecule has 8 aliphatic rings. The Bertz CT molecular complexity index is 1570. The van der Waals surface area contributed by atoms with E-state index in [-0.39, 0.29) is 35.5 Å². The average Bonchev–Trinajstić information content (AvgIpc) is 3.83. The van der Waals surface area contributed by atoms with Crippen LogP contribution in [0.1, 0.15) is 65.7 Å². The van der Waals surface area contributed by atoms with Gasteiger partial charge in [0.25, 0.3) is 18.5 Å². The molecule has 10 heteroatoms. The number of ketones is 1. The lowest BCUT2D eigenvalue weighted by Gasteiger charge is -2.21. The molecular formula is C35H37NO9. The van der Waals surface area contributed by atoms with Gasteiger partial charge in [0.1, 0.15) is 0 Å². The topological polar surface area (TPSA) is 126 Å². The number of cyclic esters (lactones) is 2. The van der Waals surface area contributed by atoms with Gasteiger partial charge < -0.3 is 18.9 Å². The lowest BCUT2D eigenvalue weighted by Crippen LogP contribution is -2.38. The van der Waals surface area contributed by atoms with Crippen LogP contribution in [0.4, 0.5) is 0 Å². The number of hydrogen-bond donors (Lipinski definition) is 0. The minimum absolute atomic E-state index is 0.0277. The third-order valence-electron chi connectivity index (χ3n) is 10.6. The maximum Gasteiger partial charge on any atom is 0.336 e. The maximum atomic E-state index is 12.7. The fraction of sp³-hybridized carbons (Fsp3) is 0.514. The number of carbonyl (C=O) groups excluding carboxylic acids is 5. The first-order valence-electron chi connectivity index (χ1n) is 15.9. The van der Waals surface area contributed by atoms with E-state index >= 15 is 0 Å². The highest BCUT2D eigenvalue weighted by atomic mass is 16.7. The number of carbonyl (C=O) groups is 5. The summed E-state index contributed by atoms with van der Waals surface area (Å²) in [5, 5.41) is 0. The highest BCUT2D eigenvalue weighted by Crippen LogP contribution is 2.55. The number of amides is 2. The van der Waals surface area contributed by atoms with Crippen LogP contribution < -0.4 is 0 Å². The number of allylic oxidation sites excluding steroid dienone is 4. The van der Waals surface area contributed by atoms with Crippen LogP contribution in [0, 0.1) is 29.6 Å². The second-order valence-corrected chi connectivity index (χ2v) is 13.2. The normalized spacial score (nSPS) is 37.4. The molecule has 0 bridgehead atoms. The standard InChI is InChI=1S/C18H19NO5.C17H18O4/c1-9-6-15(24-18(9)22)23-8-14-13-7-11-4-3-5-12(11)16(13)19(10(2)20)17(14)21;1-9-5-16(21-17(9)19)20-8-14-12-6-10-3-2-4-11(10)13(12)7-15(14)18/h5-6,8,11,13,15-16H,3-4,7H2,1-2H3;4-5,8,10,12-13,16H,2-3,6-7H2,1H3/b2*14-8+/t11-,13+,15?,16+;10-,12-,13+,16?/m00/s1. The number of ether oxygens (including phenoxy) is 4. The Morgan fingerprint density at radius 1 is 0.800 bits per heavy atom. The van der Waals surface area contributed by atoms with Crippen LogP contribution >= 0.6 is 0 Å². The Morgan fingerprint density at radius 3 is 1.93 bits per heavy atom. The van der Waals surface area contributed by atoms with Crippen molar-refractivity contribution in [2.75, 3.05) is 0 Å². The van der Waals surface area contributed by atoms with Crippen molar-refractivity contribution in [3.63, 3.8) is 0 Å². The molecule has 3 saturated carbocycles. The van der Waals surface area contributed by atoms with Crippen LogP contribution in [-0.4, -0.2) is 53.1 Å². The Balaban J connectivity index is 0.000000146. The molecule has 1 saturated heterocycles. The molecule has 236 valence electrons. The summed E-state index contributed by atoms with van der Waals surface area (Å²) < 4.78 is 21.1. The molecule has 4 fully saturated rings. The number of likely N-dealkylation sites (tertiary alicyclic amines) is 1. The number of nitrogens with zero attached hydrogens (tertiary/aromatic N) is 1. The molecule has 0 N–H and O–H groups in total. The minimum Gasteiger partial charge on any atom is -0.458 e. The zero-order valence-corrected chi connectivity index (χ0v) is 25.7. The summed E-state index contributed by atoms with van der Waals surface area (Å²) in [4.78, 5) is 60.9. The number of esters is 2. The van der Waals surface area contributed by atoms with Gasteiger partial charge in [-0.05, 0) is 81.6 Å². The van der Waals surface area contributed by atoms with Crippen molar-refractivity contribution >= 4 is 29.5 Å². The average molecular weight is 616 g/mol. The van der Waals surface area contributed by atoms with E-state index in [4.69, 9.17) is 18.9 Å². The number of Topliss-reactive ketones (excluding diaryl/α,β-unsaturated/α-hetero) is 1. The van der Waals surface area contributed by atoms with Gasteiger partial charge in [0, 0.05) is 48.1 Å². The molecular weight excluding hydrogens is 578 g/mol. The zero-order valence-electron chi connectivity index (χ0n) is 25.7. The Labute approximate surface area is 261 Å². The van der Waals surface area contributed by atoms with Crippen LogP contribution in [0.5, 0.6) is 0 Å². The van der Waals surface area contributed by atoms with E-state index < -0.39 is 18.5 Å². The van der Waals surface area contributed by atoms with Crippen molar-refractivity contribution in [3.8, 4) is 0 Å². The minimum atomic E-state index is -0.803. The lowest BCUT2D eigenvalue weighted by atomic mass is 9.95. The first-order chi connectivity index (χ1) is 21.6. The summed E-state index contributed by atoms with van der Waals surface area (Å²) in [6.45, 7) is 4.77. The van der Waals surface area contributed by atoms with Crippen LogP contribution in [0.25, 0.3) is 0 Å². The molecule has 3 aliphatic heterocycles. The SMILES string of the molecule is CC(=O)N1C(=O)/C(=C/OC2C=C(C)C(=O)O2)[C@H]2C[C@@H]3CCC=C3[C@H]21.CC1=CC(O/C=C2/C(=O)C[C@@H]3C4=CCC[C@H]4C[C@H]23)OC1=O. The zero-order chi connectivity index (χ0) is 31.6. The summed E-state index contributed by atoms with van der Waals surface area (Å²) >= 11 is 0. The molecule has 0 aromatic heterocycles. The number of fused-ring (bicyclic) bond motifs is 6. The van der Waals surface area contributed by atoms with Crippen LogP contribution in [0.2, 0.25) is 0 Å². The molecule has 5 aliphatic carbocycles. The largest absolute Gasteiger partial charge is 0.458 e. The summed E-state index contributed by atoms with van der Waals surface area (Å²) in [5.41, 5.74) is 5.04. The molecule has 0 aromatic carbocycles. The second-order valence-electron chi connectivity index (χ2n) is 13.2. The van der Waals surface area contributed by atoms with Gasteiger partial charge in [-0.2, -0.15) is 0 Å². The molecule has 2 unspecified atom stereocenters. The first-order valence-corrected chi connectivity index (χ1v) is 15.9. The summed E-state index contributed by atoms with van der Waals surface area (Å²) in [6, 6.07) is -0.166. The van der Waals surface area contributed by atoms with Crippen molar-refractivity contribution in [1.29, 1.82) is 0 Å². The van der Waals surface area contributed by atoms with E-state index in [1.807, 2.05) is 0 Å². The Hall–Kier alpha value is -4.21. The van der Waals surface area contributed by atoms with Crippen molar-refractivity contribution in [3.05, 3.63) is 70.3 Å². The van der Waals surface area contributed by atoms with Gasteiger partial charge in [-0.1, -0.05) is 17.7 Å². The third kappa shape index (κ3) is 5.08. The molecule has 0 radical (unpaired) electrons. The molecule has 0 spiro atoms. The van der Waals surface area contributed by atoms with Gasteiger partial charge in [-0.25, -0.2) is 9.59 Å². The fourth-order valence-corrected chi connectivity index (χ4v) is 8.50. The predicted molar refractivity (Wildman–Crippen MR) is 158 cm³/mol. The quantitative estimate of drug-likeness (QED) is 0.195. The van der Waals surface area contributed by atoms with E-state index in [2.05, 4.69) is 12.2 Å². The Kier molecular flexibility index (Phi) is 7.41. The van der Waals surface area contributed by atoms with Gasteiger partial charge in [-0.3, -0.25) is 19.3 Å². The fourth-order valence-electron chi connectivity index (χ4n) is 8.50. The van der Waals surface area contributed by atoms with Crippen molar-refractivity contribution in [1.82, 2.24) is 4.90 Å². The summed E-state index contributed by atoms with van der Waals surface area (Å²) in [7, 11) is 0. The summed E-state index contributed by atoms with van der Waals surface area (Å²) in [5.74, 6) is 0.659. The van der Waals surface area contributed by atoms with E-state index in [0.29, 0.717) is 46.8 Å². The summed E-state index contributed by atoms with van der Waals surface area (Å²) in [6.07, 6.45) is 16.2. The van der Waals surface area contributed by atoms with Crippen LogP contribution in [0.15, 0.2) is 70.3 Å². The third-order valence-corrected chi connectivity index (χ3v) is 10.6. The van der Waals surface area contributed by atoms with E-state index in [9.17, 15) is 24.0 Å². The molecule has 45 heavy (non-hydrogen) atoms. The van der Waals surface area contributed by atoms with Gasteiger partial charge in [0.05, 0.1) is 24.1 Å². The Morgan fingerprint density at radius 2 is 1.36 bits per heavy atom. The van der Waals surface area contributed by atoms with Gasteiger partial charge in [0.15, 0.2) is 5.78 Å². The molecule has 0 aromatic rings. The molecule has 2 amide bonds. The van der Waals surface area contributed by atoms with E-state index in [1.165, 1.54) is 35.7 Å². The molecule has 8 rings (SSSR count). The van der Waals surface area contributed by atoms with Crippen molar-refractivity contribution < 1.29 is 42.9 Å². The van der Waals surface area contributed by atoms with Crippen LogP contribution in [-0.2, 0) is 42.9 Å². The second kappa shape index (κ2) is 11.3. The van der Waals surface area contributed by atoms with Gasteiger partial charge in [0.2, 0.25) is 5.91 Å². The van der Waals surface area contributed by atoms with E-state index in [1.54, 1.807) is 32.3 Å². The molecule has 3 heterocycles. The van der Waals surface area contributed by atoms with E-state index in [0.717, 1.165) is 37.7 Å². The predicted octanol–water partition coefficient (Wildman–Crippen LogP) is 4.49. The highest BCUT2D eigenvalue weighted by molar-refractivity contribution is 6.07. The first kappa shape index (κ1) is 29.5. The number of hydrogen-bond acceptors (Lipinski definition) is 9. The van der Waals surface area contributed by atoms with Crippen molar-refractivity contribution in [2.24, 2.45) is 29.6 Å². The lowest BCUT2D eigenvalue weighted by molar-refractivity contribution is -0.153. The highest BCUT2D eigenvalue weighted by Gasteiger charge is 2.55. The van der Waals surface area contributed by atoms with Crippen LogP contribution in [0.3, 0.4) is 0 Å². The van der Waals surface area contributed by atoms with Gasteiger partial charge in [-0.15, -0.1) is 0 Å². The van der Waals surface area contributed by atoms with Crippen molar-refractivity contribution in [2.45, 2.75) is 84.3 Å². The molecule has 8 atom stereocenters. The van der Waals surface area contributed by atoms with Gasteiger partial charge >= 0.3 is 11.9 Å². The maximum absolute atomic E-state index is 12.7. The number of rotatable bonds is 4. The monoisotopic (exact) mass is 615 g/mol.